The lowest BCUT2D eigenvalue weighted by Crippen LogP contribution is -2.45. The van der Waals surface area contributed by atoms with Gasteiger partial charge in [-0.15, -0.1) is 4.39 Å². The molecule has 0 aromatic carbocycles. The zero-order chi connectivity index (χ0) is 10.2. The molecule has 0 aliphatic heterocycles. The van der Waals surface area contributed by atoms with Crippen molar-refractivity contribution in [3.63, 3.8) is 0 Å². The Morgan fingerprint density at radius 1 is 1.00 bits per heavy atom. The highest BCUT2D eigenvalue weighted by Crippen LogP contribution is 2.08. The number of rotatable bonds is 6. The molecule has 0 aliphatic carbocycles. The quantitative estimate of drug-likeness (QED) is 0.487. The Balaban J connectivity index is 4.44. The van der Waals surface area contributed by atoms with Gasteiger partial charge in [-0.2, -0.15) is 0 Å². The van der Waals surface area contributed by atoms with Crippen LogP contribution in [0.25, 0.3) is 0 Å². The summed E-state index contributed by atoms with van der Waals surface area (Å²) in [4.78, 5) is 0. The molecule has 0 amide bonds. The molecule has 0 atom stereocenters. The Labute approximate surface area is 79.6 Å². The lowest BCUT2D eigenvalue weighted by atomic mass is 10.9. The molecular formula is C8H15FO3Si. The highest BCUT2D eigenvalue weighted by molar-refractivity contribution is 6.69. The average molecular weight is 206 g/mol. The lowest BCUT2D eigenvalue weighted by molar-refractivity contribution is 0.0869. The Hall–Kier alpha value is -0.413. The summed E-state index contributed by atoms with van der Waals surface area (Å²) >= 11 is 0. The van der Waals surface area contributed by atoms with Gasteiger partial charge in [0.2, 0.25) is 0 Å². The Morgan fingerprint density at radius 2 is 1.38 bits per heavy atom. The zero-order valence-corrected chi connectivity index (χ0v) is 9.22. The SMILES string of the molecule is CCO[Si](C#CF)(OCC)OCC. The van der Waals surface area contributed by atoms with Crippen molar-refractivity contribution in [2.24, 2.45) is 0 Å². The van der Waals surface area contributed by atoms with E-state index in [2.05, 4.69) is 5.54 Å². The van der Waals surface area contributed by atoms with Crippen molar-refractivity contribution in [2.75, 3.05) is 19.8 Å². The van der Waals surface area contributed by atoms with Gasteiger partial charge in [0.05, 0.1) is 0 Å². The zero-order valence-electron chi connectivity index (χ0n) is 8.22. The number of hydrogen-bond donors (Lipinski definition) is 0. The van der Waals surface area contributed by atoms with Gasteiger partial charge in [0.15, 0.2) is 0 Å². The number of halogens is 1. The Kier molecular flexibility index (Phi) is 6.81. The minimum absolute atomic E-state index is 0.404. The van der Waals surface area contributed by atoms with Crippen LogP contribution in [0.1, 0.15) is 20.8 Å². The maximum Gasteiger partial charge on any atom is 0.594 e. The van der Waals surface area contributed by atoms with E-state index in [4.69, 9.17) is 13.3 Å². The molecule has 0 bridgehead atoms. The molecule has 0 saturated heterocycles. The number of hydrogen-bond acceptors (Lipinski definition) is 3. The molecular weight excluding hydrogens is 191 g/mol. The predicted molar refractivity (Wildman–Crippen MR) is 49.5 cm³/mol. The monoisotopic (exact) mass is 206 g/mol. The van der Waals surface area contributed by atoms with Crippen LogP contribution >= 0.6 is 0 Å². The topological polar surface area (TPSA) is 27.7 Å². The van der Waals surface area contributed by atoms with E-state index in [0.717, 1.165) is 0 Å². The molecule has 0 aromatic heterocycles. The molecule has 0 aromatic rings. The van der Waals surface area contributed by atoms with Gasteiger partial charge in [0, 0.05) is 19.8 Å². The van der Waals surface area contributed by atoms with Crippen molar-refractivity contribution >= 4 is 8.80 Å². The molecule has 0 fully saturated rings. The molecule has 0 spiro atoms. The third-order valence-electron chi connectivity index (χ3n) is 1.20. The van der Waals surface area contributed by atoms with Gasteiger partial charge in [-0.3, -0.25) is 0 Å². The van der Waals surface area contributed by atoms with Crippen LogP contribution in [-0.2, 0) is 13.3 Å². The molecule has 5 heteroatoms. The van der Waals surface area contributed by atoms with Crippen molar-refractivity contribution in [3.05, 3.63) is 0 Å². The third kappa shape index (κ3) is 4.38. The van der Waals surface area contributed by atoms with Gasteiger partial charge in [0.1, 0.15) is 6.17 Å². The normalized spacial score (nSPS) is 10.8. The molecule has 0 radical (unpaired) electrons. The Bertz CT molecular complexity index is 171. The van der Waals surface area contributed by atoms with Gasteiger partial charge in [-0.25, -0.2) is 0 Å². The molecule has 0 rings (SSSR count). The molecule has 0 N–H and O–H groups in total. The van der Waals surface area contributed by atoms with Crippen molar-refractivity contribution in [3.8, 4) is 11.7 Å². The van der Waals surface area contributed by atoms with Crippen LogP contribution in [0, 0.1) is 11.7 Å². The molecule has 0 saturated carbocycles. The van der Waals surface area contributed by atoms with E-state index in [-0.39, 0.29) is 0 Å². The fourth-order valence-corrected chi connectivity index (χ4v) is 2.58. The molecule has 0 heterocycles. The maximum absolute atomic E-state index is 11.9. The second-order valence-electron chi connectivity index (χ2n) is 2.07. The van der Waals surface area contributed by atoms with Gasteiger partial charge < -0.3 is 13.3 Å². The van der Waals surface area contributed by atoms with E-state index in [0.29, 0.717) is 19.8 Å². The minimum atomic E-state index is -3.03. The third-order valence-corrected chi connectivity index (χ3v) is 3.61. The average Bonchev–Trinajstić information content (AvgIpc) is 2.06. The van der Waals surface area contributed by atoms with Crippen LogP contribution in [0.15, 0.2) is 0 Å². The van der Waals surface area contributed by atoms with Crippen molar-refractivity contribution in [2.45, 2.75) is 20.8 Å². The van der Waals surface area contributed by atoms with Crippen LogP contribution in [0.5, 0.6) is 0 Å². The largest absolute Gasteiger partial charge is 0.594 e. The van der Waals surface area contributed by atoms with Crippen LogP contribution in [-0.4, -0.2) is 28.6 Å². The highest BCUT2D eigenvalue weighted by Gasteiger charge is 2.39. The van der Waals surface area contributed by atoms with Crippen molar-refractivity contribution < 1.29 is 17.7 Å². The summed E-state index contributed by atoms with van der Waals surface area (Å²) in [6.07, 6.45) is 1.30. The lowest BCUT2D eigenvalue weighted by Gasteiger charge is -2.21. The summed E-state index contributed by atoms with van der Waals surface area (Å²) in [5.41, 5.74) is 2.25. The summed E-state index contributed by atoms with van der Waals surface area (Å²) in [6.45, 7) is 6.59. The standard InChI is InChI=1S/C8H15FO3Si/c1-4-10-13(8-7-9,11-5-2)12-6-3/h4-6H2,1-3H3. The van der Waals surface area contributed by atoms with Crippen LogP contribution < -0.4 is 0 Å². The first-order valence-corrected chi connectivity index (χ1v) is 6.01. The van der Waals surface area contributed by atoms with Crippen molar-refractivity contribution in [1.29, 1.82) is 0 Å². The molecule has 13 heavy (non-hydrogen) atoms. The summed E-state index contributed by atoms with van der Waals surface area (Å²) in [6, 6.07) is 0. The molecule has 76 valence electrons. The van der Waals surface area contributed by atoms with E-state index in [1.165, 1.54) is 6.17 Å². The van der Waals surface area contributed by atoms with E-state index in [1.54, 1.807) is 20.8 Å². The van der Waals surface area contributed by atoms with Gasteiger partial charge in [0.25, 0.3) is 0 Å². The molecule has 3 nitrogen and oxygen atoms in total. The van der Waals surface area contributed by atoms with E-state index >= 15 is 0 Å². The predicted octanol–water partition coefficient (Wildman–Crippen LogP) is 1.50. The van der Waals surface area contributed by atoms with E-state index < -0.39 is 8.80 Å². The molecule has 0 unspecified atom stereocenters. The first-order chi connectivity index (χ1) is 6.24. The van der Waals surface area contributed by atoms with Crippen LogP contribution in [0.2, 0.25) is 0 Å². The fourth-order valence-electron chi connectivity index (χ4n) is 0.861. The van der Waals surface area contributed by atoms with Crippen LogP contribution in [0.3, 0.4) is 0 Å². The second-order valence-corrected chi connectivity index (χ2v) is 4.30. The smallest absolute Gasteiger partial charge is 0.364 e. The Morgan fingerprint density at radius 3 is 1.62 bits per heavy atom. The maximum atomic E-state index is 11.9. The van der Waals surface area contributed by atoms with E-state index in [1.807, 2.05) is 0 Å². The van der Waals surface area contributed by atoms with Gasteiger partial charge in [-0.05, 0) is 26.3 Å². The van der Waals surface area contributed by atoms with Gasteiger partial charge in [-0.1, -0.05) is 0 Å². The first-order valence-electron chi connectivity index (χ1n) is 4.29. The molecule has 0 aliphatic rings. The first kappa shape index (κ1) is 12.6. The minimum Gasteiger partial charge on any atom is -0.364 e. The van der Waals surface area contributed by atoms with Crippen molar-refractivity contribution in [1.82, 2.24) is 0 Å². The highest BCUT2D eigenvalue weighted by atomic mass is 28.4. The summed E-state index contributed by atoms with van der Waals surface area (Å²) in [5.74, 6) is 0. The van der Waals surface area contributed by atoms with E-state index in [9.17, 15) is 4.39 Å². The summed E-state index contributed by atoms with van der Waals surface area (Å²) in [5, 5.41) is 0. The summed E-state index contributed by atoms with van der Waals surface area (Å²) < 4.78 is 27.6. The summed E-state index contributed by atoms with van der Waals surface area (Å²) in [7, 11) is -3.03. The fraction of sp³-hybridized carbons (Fsp3) is 0.750. The van der Waals surface area contributed by atoms with Gasteiger partial charge >= 0.3 is 8.80 Å². The van der Waals surface area contributed by atoms with Crippen LogP contribution in [0.4, 0.5) is 4.39 Å². The second kappa shape index (κ2) is 7.03.